The number of ether oxygens (including phenoxy) is 2. The monoisotopic (exact) mass is 533 g/mol. The van der Waals surface area contributed by atoms with Crippen LogP contribution >= 0.6 is 0 Å². The maximum atomic E-state index is 13.1. The zero-order valence-electron chi connectivity index (χ0n) is 21.7. The number of carbonyl (C=O) groups excluding carboxylic acids is 4. The minimum absolute atomic E-state index is 0.0237. The van der Waals surface area contributed by atoms with E-state index in [9.17, 15) is 29.3 Å². The number of rotatable bonds is 6. The van der Waals surface area contributed by atoms with Crippen molar-refractivity contribution in [3.05, 3.63) is 63.7 Å². The topological polar surface area (TPSA) is 136 Å². The molecule has 11 nitrogen and oxygen atoms in total. The number of esters is 1. The van der Waals surface area contributed by atoms with Crippen molar-refractivity contribution >= 4 is 40.8 Å². The Morgan fingerprint density at radius 1 is 1.00 bits per heavy atom. The zero-order chi connectivity index (χ0) is 28.0. The molecule has 11 heteroatoms. The van der Waals surface area contributed by atoms with Gasteiger partial charge in [0.25, 0.3) is 5.69 Å². The summed E-state index contributed by atoms with van der Waals surface area (Å²) in [5.41, 5.74) is 2.32. The quantitative estimate of drug-likeness (QED) is 0.137. The van der Waals surface area contributed by atoms with Crippen LogP contribution in [0.1, 0.15) is 31.7 Å². The number of allylic oxidation sites excluding steroid dienone is 2. The Bertz CT molecular complexity index is 1450. The summed E-state index contributed by atoms with van der Waals surface area (Å²) in [4.78, 5) is 64.9. The van der Waals surface area contributed by atoms with Gasteiger partial charge in [-0.2, -0.15) is 0 Å². The predicted molar refractivity (Wildman–Crippen MR) is 139 cm³/mol. The number of methoxy groups -OCH3 is 1. The van der Waals surface area contributed by atoms with Crippen molar-refractivity contribution in [1.82, 2.24) is 0 Å². The number of carbonyl (C=O) groups is 4. The van der Waals surface area contributed by atoms with Gasteiger partial charge in [0.15, 0.2) is 0 Å². The Kier molecular flexibility index (Phi) is 6.67. The van der Waals surface area contributed by atoms with Gasteiger partial charge in [-0.25, -0.2) is 4.90 Å². The molecule has 0 aromatic heterocycles. The average molecular weight is 534 g/mol. The smallest absolute Gasteiger partial charge is 0.316 e. The largest absolute Gasteiger partial charge is 0.494 e. The highest BCUT2D eigenvalue weighted by Gasteiger charge is 2.49. The van der Waals surface area contributed by atoms with Crippen molar-refractivity contribution in [2.45, 2.75) is 33.1 Å². The second-order valence-corrected chi connectivity index (χ2v) is 10.1. The molecule has 3 amide bonds. The van der Waals surface area contributed by atoms with E-state index < -0.39 is 16.8 Å². The maximum Gasteiger partial charge on any atom is 0.316 e. The lowest BCUT2D eigenvalue weighted by Gasteiger charge is -2.19. The number of nitro benzene ring substituents is 1. The van der Waals surface area contributed by atoms with Gasteiger partial charge in [-0.05, 0) is 56.5 Å². The summed E-state index contributed by atoms with van der Waals surface area (Å²) < 4.78 is 10.8. The van der Waals surface area contributed by atoms with Gasteiger partial charge >= 0.3 is 5.97 Å². The van der Waals surface area contributed by atoms with Crippen molar-refractivity contribution in [2.75, 3.05) is 23.5 Å². The zero-order valence-corrected chi connectivity index (χ0v) is 21.7. The molecule has 1 aliphatic carbocycles. The fourth-order valence-electron chi connectivity index (χ4n) is 5.52. The normalized spacial score (nSPS) is 22.6. The molecule has 2 heterocycles. The highest BCUT2D eigenvalue weighted by molar-refractivity contribution is 6.22. The summed E-state index contributed by atoms with van der Waals surface area (Å²) in [6.07, 6.45) is 3.04. The Hall–Kier alpha value is -4.54. The summed E-state index contributed by atoms with van der Waals surface area (Å²) >= 11 is 0. The van der Waals surface area contributed by atoms with Crippen molar-refractivity contribution in [3.8, 4) is 11.5 Å². The third-order valence-electron chi connectivity index (χ3n) is 7.57. The van der Waals surface area contributed by atoms with E-state index >= 15 is 0 Å². The van der Waals surface area contributed by atoms with Gasteiger partial charge in [0.1, 0.15) is 11.5 Å². The molecule has 2 aliphatic heterocycles. The Balaban J connectivity index is 1.28. The molecule has 0 N–H and O–H groups in total. The van der Waals surface area contributed by atoms with Crippen molar-refractivity contribution in [3.63, 3.8) is 0 Å². The first-order valence-corrected chi connectivity index (χ1v) is 12.6. The first kappa shape index (κ1) is 26.1. The van der Waals surface area contributed by atoms with E-state index in [0.29, 0.717) is 29.8 Å². The predicted octanol–water partition coefficient (Wildman–Crippen LogP) is 3.72. The lowest BCUT2D eigenvalue weighted by atomic mass is 9.82. The fraction of sp³-hybridized carbons (Fsp3) is 0.357. The second-order valence-electron chi connectivity index (χ2n) is 10.1. The van der Waals surface area contributed by atoms with E-state index in [4.69, 9.17) is 9.47 Å². The molecule has 2 fully saturated rings. The summed E-state index contributed by atoms with van der Waals surface area (Å²) in [5, 5.41) is 11.1. The number of anilines is 2. The minimum atomic E-state index is -0.766. The number of nitro groups is 1. The highest BCUT2D eigenvalue weighted by atomic mass is 16.6. The molecule has 5 rings (SSSR count). The average Bonchev–Trinajstić information content (AvgIpc) is 3.40. The van der Waals surface area contributed by atoms with Gasteiger partial charge < -0.3 is 14.4 Å². The fourth-order valence-corrected chi connectivity index (χ4v) is 5.52. The molecular weight excluding hydrogens is 506 g/mol. The third kappa shape index (κ3) is 4.64. The molecule has 202 valence electrons. The Morgan fingerprint density at radius 3 is 2.41 bits per heavy atom. The molecule has 2 saturated heterocycles. The number of aryl methyl sites for hydroxylation is 1. The lowest BCUT2D eigenvalue weighted by Crippen LogP contribution is -2.31. The third-order valence-corrected chi connectivity index (χ3v) is 7.57. The van der Waals surface area contributed by atoms with E-state index in [1.807, 2.05) is 13.0 Å². The number of fused-ring (bicyclic) bond motifs is 1. The minimum Gasteiger partial charge on any atom is -0.494 e. The van der Waals surface area contributed by atoms with Crippen molar-refractivity contribution in [2.24, 2.45) is 17.8 Å². The number of nitrogens with zero attached hydrogens (tertiary/aromatic N) is 3. The van der Waals surface area contributed by atoms with Crippen LogP contribution in [0.4, 0.5) is 17.1 Å². The number of non-ortho nitro benzene ring substituents is 1. The highest BCUT2D eigenvalue weighted by Crippen LogP contribution is 2.41. The number of amides is 3. The molecule has 3 atom stereocenters. The van der Waals surface area contributed by atoms with Crippen LogP contribution in [-0.4, -0.2) is 42.3 Å². The van der Waals surface area contributed by atoms with Crippen LogP contribution in [0.2, 0.25) is 0 Å². The molecule has 2 aromatic rings. The van der Waals surface area contributed by atoms with Crippen molar-refractivity contribution in [1.29, 1.82) is 0 Å². The van der Waals surface area contributed by atoms with E-state index in [0.717, 1.165) is 5.57 Å². The SMILES string of the molecule is COc1cc([N+](=O)[O-])ccc1N1C[C@H](C(=O)Oc2ccc(N3C(=O)[C@H]4CC=C(C)C[C@H]4C3=O)c(C)c2)CC1=O. The molecule has 2 aromatic carbocycles. The lowest BCUT2D eigenvalue weighted by molar-refractivity contribution is -0.384. The van der Waals surface area contributed by atoms with Crippen LogP contribution in [0.25, 0.3) is 0 Å². The molecule has 39 heavy (non-hydrogen) atoms. The number of benzene rings is 2. The molecule has 0 spiro atoms. The Morgan fingerprint density at radius 2 is 1.72 bits per heavy atom. The summed E-state index contributed by atoms with van der Waals surface area (Å²) in [7, 11) is 1.34. The summed E-state index contributed by atoms with van der Waals surface area (Å²) in [5.74, 6) is -2.47. The van der Waals surface area contributed by atoms with E-state index in [-0.39, 0.29) is 59.7 Å². The van der Waals surface area contributed by atoms with Gasteiger partial charge in [-0.1, -0.05) is 11.6 Å². The van der Waals surface area contributed by atoms with Crippen LogP contribution < -0.4 is 19.3 Å². The van der Waals surface area contributed by atoms with Gasteiger partial charge in [-0.3, -0.25) is 29.3 Å². The van der Waals surface area contributed by atoms with E-state index in [1.54, 1.807) is 19.1 Å². The standard InChI is InChI=1S/C28H27N3O8/c1-15-4-7-20-21(10-15)27(34)30(26(20)33)22-9-6-19(11-16(22)2)39-28(35)17-12-25(32)29(14-17)23-8-5-18(31(36)37)13-24(23)38-3/h4-6,8-9,11,13,17,20-21H,7,10,12,14H2,1-3H3/t17-,20+,21-/m1/s1. The number of hydrogen-bond acceptors (Lipinski definition) is 8. The molecular formula is C28H27N3O8. The van der Waals surface area contributed by atoms with Gasteiger partial charge in [0, 0.05) is 19.0 Å². The van der Waals surface area contributed by atoms with Crippen LogP contribution in [0, 0.1) is 34.8 Å². The number of imide groups is 1. The van der Waals surface area contributed by atoms with Crippen molar-refractivity contribution < 1.29 is 33.6 Å². The maximum absolute atomic E-state index is 13.1. The molecule has 0 radical (unpaired) electrons. The Labute approximate surface area is 224 Å². The van der Waals surface area contributed by atoms with E-state index in [1.165, 1.54) is 41.2 Å². The number of hydrogen-bond donors (Lipinski definition) is 0. The van der Waals surface area contributed by atoms with Gasteiger partial charge in [0.2, 0.25) is 17.7 Å². The summed E-state index contributed by atoms with van der Waals surface area (Å²) in [6.45, 7) is 3.72. The van der Waals surface area contributed by atoms with E-state index in [2.05, 4.69) is 0 Å². The molecule has 0 saturated carbocycles. The first-order valence-electron chi connectivity index (χ1n) is 12.6. The van der Waals surface area contributed by atoms with Crippen LogP contribution in [0.15, 0.2) is 48.0 Å². The first-order chi connectivity index (χ1) is 18.6. The second kappa shape index (κ2) is 9.97. The van der Waals surface area contributed by atoms with Gasteiger partial charge in [0.05, 0.1) is 47.2 Å². The summed E-state index contributed by atoms with van der Waals surface area (Å²) in [6, 6.07) is 8.62. The van der Waals surface area contributed by atoms with Crippen LogP contribution in [0.3, 0.4) is 0 Å². The molecule has 0 unspecified atom stereocenters. The molecule has 3 aliphatic rings. The van der Waals surface area contributed by atoms with Crippen LogP contribution in [-0.2, 0) is 19.2 Å². The molecule has 0 bridgehead atoms. The van der Waals surface area contributed by atoms with Crippen LogP contribution in [0.5, 0.6) is 11.5 Å². The van der Waals surface area contributed by atoms with Gasteiger partial charge in [-0.15, -0.1) is 0 Å².